The van der Waals surface area contributed by atoms with Crippen molar-refractivity contribution in [2.24, 2.45) is 0 Å². The number of benzene rings is 1. The fraction of sp³-hybridized carbons (Fsp3) is 0.500. The van der Waals surface area contributed by atoms with Crippen molar-refractivity contribution in [3.05, 3.63) is 29.8 Å². The van der Waals surface area contributed by atoms with Crippen LogP contribution in [0.5, 0.6) is 5.75 Å². The van der Waals surface area contributed by atoms with Gasteiger partial charge in [-0.05, 0) is 37.6 Å². The zero-order chi connectivity index (χ0) is 19.1. The molecule has 2 rings (SSSR count). The van der Waals surface area contributed by atoms with Gasteiger partial charge in [0.15, 0.2) is 0 Å². The number of carboxylic acid groups (broad SMARTS) is 1. The molecule has 1 fully saturated rings. The SMILES string of the molecule is CCOc1ccc(C(=O)NCC(=O)N2CC(OC)CC2CC(=O)O)cc1. The minimum absolute atomic E-state index is 0.140. The highest BCUT2D eigenvalue weighted by molar-refractivity contribution is 5.96. The van der Waals surface area contributed by atoms with E-state index in [0.29, 0.717) is 30.9 Å². The number of methoxy groups -OCH3 is 1. The van der Waals surface area contributed by atoms with Crippen LogP contribution in [0.4, 0.5) is 0 Å². The maximum absolute atomic E-state index is 12.4. The fourth-order valence-corrected chi connectivity index (χ4v) is 2.97. The van der Waals surface area contributed by atoms with Crippen LogP contribution >= 0.6 is 0 Å². The van der Waals surface area contributed by atoms with Crippen LogP contribution < -0.4 is 10.1 Å². The third kappa shape index (κ3) is 5.19. The van der Waals surface area contributed by atoms with Crippen molar-refractivity contribution < 1.29 is 29.0 Å². The highest BCUT2D eigenvalue weighted by Gasteiger charge is 2.36. The lowest BCUT2D eigenvalue weighted by Crippen LogP contribution is -2.43. The van der Waals surface area contributed by atoms with Gasteiger partial charge >= 0.3 is 5.97 Å². The number of carbonyl (C=O) groups excluding carboxylic acids is 2. The van der Waals surface area contributed by atoms with Gasteiger partial charge in [-0.2, -0.15) is 0 Å². The van der Waals surface area contributed by atoms with Crippen LogP contribution in [0.1, 0.15) is 30.1 Å². The topological polar surface area (TPSA) is 105 Å². The second kappa shape index (κ2) is 9.19. The van der Waals surface area contributed by atoms with Gasteiger partial charge in [0.1, 0.15) is 5.75 Å². The summed E-state index contributed by atoms with van der Waals surface area (Å²) < 4.78 is 10.6. The van der Waals surface area contributed by atoms with Gasteiger partial charge in [-0.1, -0.05) is 0 Å². The van der Waals surface area contributed by atoms with Gasteiger partial charge < -0.3 is 24.8 Å². The Morgan fingerprint density at radius 3 is 2.54 bits per heavy atom. The number of carbonyl (C=O) groups is 3. The number of ether oxygens (including phenoxy) is 2. The van der Waals surface area contributed by atoms with E-state index in [1.54, 1.807) is 24.3 Å². The normalized spacial score (nSPS) is 19.2. The van der Waals surface area contributed by atoms with E-state index in [1.807, 2.05) is 6.92 Å². The molecule has 2 unspecified atom stereocenters. The molecule has 2 atom stereocenters. The van der Waals surface area contributed by atoms with Crippen molar-refractivity contribution in [1.29, 1.82) is 0 Å². The lowest BCUT2D eigenvalue weighted by atomic mass is 10.1. The summed E-state index contributed by atoms with van der Waals surface area (Å²) in [5.41, 5.74) is 0.416. The van der Waals surface area contributed by atoms with Gasteiger partial charge in [0.05, 0.1) is 25.7 Å². The first-order chi connectivity index (χ1) is 12.4. The molecule has 2 amide bonds. The lowest BCUT2D eigenvalue weighted by Gasteiger charge is -2.23. The zero-order valence-electron chi connectivity index (χ0n) is 14.9. The first kappa shape index (κ1) is 19.7. The van der Waals surface area contributed by atoms with Gasteiger partial charge in [0.25, 0.3) is 5.91 Å². The Hall–Kier alpha value is -2.61. The summed E-state index contributed by atoms with van der Waals surface area (Å²) in [6, 6.07) is 6.19. The molecule has 0 radical (unpaired) electrons. The van der Waals surface area contributed by atoms with Crippen molar-refractivity contribution in [3.63, 3.8) is 0 Å². The highest BCUT2D eigenvalue weighted by atomic mass is 16.5. The molecule has 8 nitrogen and oxygen atoms in total. The Bertz CT molecular complexity index is 646. The van der Waals surface area contributed by atoms with E-state index < -0.39 is 12.0 Å². The number of likely N-dealkylation sites (tertiary alicyclic amines) is 1. The lowest BCUT2D eigenvalue weighted by molar-refractivity contribution is -0.139. The van der Waals surface area contributed by atoms with Crippen LogP contribution in [0.15, 0.2) is 24.3 Å². The highest BCUT2D eigenvalue weighted by Crippen LogP contribution is 2.22. The smallest absolute Gasteiger partial charge is 0.305 e. The summed E-state index contributed by atoms with van der Waals surface area (Å²) in [5, 5.41) is 11.6. The molecular weight excluding hydrogens is 340 g/mol. The van der Waals surface area contributed by atoms with Crippen LogP contribution in [-0.4, -0.2) is 66.7 Å². The molecule has 8 heteroatoms. The van der Waals surface area contributed by atoms with E-state index in [0.717, 1.165) is 0 Å². The first-order valence-corrected chi connectivity index (χ1v) is 8.49. The number of nitrogens with zero attached hydrogens (tertiary/aromatic N) is 1. The number of nitrogens with one attached hydrogen (secondary N) is 1. The van der Waals surface area contributed by atoms with Crippen LogP contribution in [0, 0.1) is 0 Å². The van der Waals surface area contributed by atoms with E-state index in [1.165, 1.54) is 12.0 Å². The molecule has 1 heterocycles. The van der Waals surface area contributed by atoms with E-state index >= 15 is 0 Å². The molecule has 0 bridgehead atoms. The molecule has 1 aromatic carbocycles. The maximum atomic E-state index is 12.4. The minimum atomic E-state index is -0.969. The van der Waals surface area contributed by atoms with Crippen molar-refractivity contribution in [2.75, 3.05) is 26.8 Å². The minimum Gasteiger partial charge on any atom is -0.494 e. The third-order valence-electron chi connectivity index (χ3n) is 4.27. The van der Waals surface area contributed by atoms with Crippen LogP contribution in [0.3, 0.4) is 0 Å². The number of rotatable bonds is 8. The van der Waals surface area contributed by atoms with Crippen molar-refractivity contribution in [2.45, 2.75) is 31.9 Å². The van der Waals surface area contributed by atoms with Gasteiger partial charge in [-0.25, -0.2) is 0 Å². The third-order valence-corrected chi connectivity index (χ3v) is 4.27. The molecular formula is C18H24N2O6. The second-order valence-electron chi connectivity index (χ2n) is 6.03. The van der Waals surface area contributed by atoms with Crippen LogP contribution in [0.2, 0.25) is 0 Å². The Balaban J connectivity index is 1.91. The summed E-state index contributed by atoms with van der Waals surface area (Å²) >= 11 is 0. The average Bonchev–Trinajstić information content (AvgIpc) is 3.02. The van der Waals surface area contributed by atoms with E-state index in [2.05, 4.69) is 5.32 Å². The fourth-order valence-electron chi connectivity index (χ4n) is 2.97. The Morgan fingerprint density at radius 2 is 1.96 bits per heavy atom. The molecule has 0 aromatic heterocycles. The largest absolute Gasteiger partial charge is 0.494 e. The number of hydrogen-bond acceptors (Lipinski definition) is 5. The monoisotopic (exact) mass is 364 g/mol. The molecule has 1 aliphatic heterocycles. The van der Waals surface area contributed by atoms with Crippen LogP contribution in [-0.2, 0) is 14.3 Å². The second-order valence-corrected chi connectivity index (χ2v) is 6.03. The molecule has 1 aromatic rings. The van der Waals surface area contributed by atoms with Gasteiger partial charge in [-0.15, -0.1) is 0 Å². The quantitative estimate of drug-likeness (QED) is 0.710. The predicted molar refractivity (Wildman–Crippen MR) is 93.1 cm³/mol. The number of amides is 2. The molecule has 1 aliphatic rings. The Kier molecular flexibility index (Phi) is 6.97. The summed E-state index contributed by atoms with van der Waals surface area (Å²) in [6.45, 7) is 2.54. The summed E-state index contributed by atoms with van der Waals surface area (Å²) in [6.07, 6.45) is 0.143. The molecule has 26 heavy (non-hydrogen) atoms. The summed E-state index contributed by atoms with van der Waals surface area (Å²) in [5.74, 6) is -1.00. The Morgan fingerprint density at radius 1 is 1.27 bits per heavy atom. The average molecular weight is 364 g/mol. The zero-order valence-corrected chi connectivity index (χ0v) is 14.9. The molecule has 1 saturated heterocycles. The maximum Gasteiger partial charge on any atom is 0.305 e. The van der Waals surface area contributed by atoms with Crippen LogP contribution in [0.25, 0.3) is 0 Å². The van der Waals surface area contributed by atoms with E-state index in [4.69, 9.17) is 14.6 Å². The molecule has 0 aliphatic carbocycles. The molecule has 0 saturated carbocycles. The standard InChI is InChI=1S/C18H24N2O6/c1-3-26-14-6-4-12(5-7-14)18(24)19-10-16(21)20-11-15(25-2)8-13(20)9-17(22)23/h4-7,13,15H,3,8-11H2,1-2H3,(H,19,24)(H,22,23). The number of aliphatic carboxylic acids is 1. The number of hydrogen-bond donors (Lipinski definition) is 2. The van der Waals surface area contributed by atoms with Gasteiger partial charge in [-0.3, -0.25) is 14.4 Å². The molecule has 142 valence electrons. The summed E-state index contributed by atoms with van der Waals surface area (Å²) in [7, 11) is 1.53. The van der Waals surface area contributed by atoms with E-state index in [9.17, 15) is 14.4 Å². The van der Waals surface area contributed by atoms with Gasteiger partial charge in [0, 0.05) is 25.3 Å². The summed E-state index contributed by atoms with van der Waals surface area (Å²) in [4.78, 5) is 37.0. The van der Waals surface area contributed by atoms with Crippen molar-refractivity contribution in [1.82, 2.24) is 10.2 Å². The predicted octanol–water partition coefficient (Wildman–Crippen LogP) is 0.906. The first-order valence-electron chi connectivity index (χ1n) is 8.49. The van der Waals surface area contributed by atoms with Crippen molar-refractivity contribution >= 4 is 17.8 Å². The van der Waals surface area contributed by atoms with Crippen molar-refractivity contribution in [3.8, 4) is 5.75 Å². The number of carboxylic acids is 1. The van der Waals surface area contributed by atoms with E-state index in [-0.39, 0.29) is 30.9 Å². The molecule has 2 N–H and O–H groups in total. The molecule has 0 spiro atoms. The van der Waals surface area contributed by atoms with Gasteiger partial charge in [0.2, 0.25) is 5.91 Å². The Labute approximate surface area is 152 Å².